The number of benzene rings is 1. The maximum absolute atomic E-state index is 11.6. The molecule has 0 amide bonds. The van der Waals surface area contributed by atoms with Gasteiger partial charge in [-0.1, -0.05) is 27.5 Å². The molecule has 1 aromatic carbocycles. The SMILES string of the molecule is CO[P+](=O)OOS(=O)(=O)c1cc(Cl)ccc1Cl. The van der Waals surface area contributed by atoms with Gasteiger partial charge in [0.15, 0.2) is 0 Å². The molecule has 10 heteroatoms. The Morgan fingerprint density at radius 3 is 2.53 bits per heavy atom. The standard InChI is InChI=1S/C7H6Cl2O6PS/c1-13-16(10)14-15-17(11,12)7-4-5(8)2-3-6(7)9/h2-4H,1H3/q+1. The Morgan fingerprint density at radius 2 is 1.94 bits per heavy atom. The van der Waals surface area contributed by atoms with Gasteiger partial charge in [0.1, 0.15) is 4.90 Å². The molecular weight excluding hydrogens is 314 g/mol. The van der Waals surface area contributed by atoms with Gasteiger partial charge in [0.25, 0.3) is 0 Å². The lowest BCUT2D eigenvalue weighted by atomic mass is 10.4. The van der Waals surface area contributed by atoms with Crippen LogP contribution in [0.5, 0.6) is 0 Å². The van der Waals surface area contributed by atoms with E-state index in [9.17, 15) is 13.0 Å². The Morgan fingerprint density at radius 1 is 1.29 bits per heavy atom. The third-order valence-electron chi connectivity index (χ3n) is 1.49. The van der Waals surface area contributed by atoms with Crippen molar-refractivity contribution in [2.24, 2.45) is 0 Å². The second-order valence-electron chi connectivity index (χ2n) is 2.58. The van der Waals surface area contributed by atoms with Crippen molar-refractivity contribution in [3.05, 3.63) is 28.2 Å². The highest BCUT2D eigenvalue weighted by Crippen LogP contribution is 2.30. The Kier molecular flexibility index (Phi) is 5.27. The van der Waals surface area contributed by atoms with Crippen molar-refractivity contribution in [1.82, 2.24) is 0 Å². The van der Waals surface area contributed by atoms with Gasteiger partial charge in [-0.25, -0.2) is 0 Å². The van der Waals surface area contributed by atoms with E-state index in [1.54, 1.807) is 0 Å². The molecule has 1 unspecified atom stereocenters. The fraction of sp³-hybridized carbons (Fsp3) is 0.143. The molecule has 0 saturated heterocycles. The molecule has 0 radical (unpaired) electrons. The Balaban J connectivity index is 2.97. The van der Waals surface area contributed by atoms with Crippen LogP contribution in [0.15, 0.2) is 23.1 Å². The molecule has 1 rings (SSSR count). The van der Waals surface area contributed by atoms with Crippen molar-refractivity contribution in [2.45, 2.75) is 4.90 Å². The molecule has 1 aromatic rings. The molecule has 0 bridgehead atoms. The van der Waals surface area contributed by atoms with Crippen LogP contribution in [0, 0.1) is 0 Å². The molecule has 0 aliphatic rings. The van der Waals surface area contributed by atoms with Crippen LogP contribution in [0.25, 0.3) is 0 Å². The van der Waals surface area contributed by atoms with Crippen LogP contribution in [0.2, 0.25) is 10.0 Å². The highest BCUT2D eigenvalue weighted by Gasteiger charge is 2.28. The third-order valence-corrected chi connectivity index (χ3v) is 3.89. The summed E-state index contributed by atoms with van der Waals surface area (Å²) in [4.78, 5) is -0.397. The van der Waals surface area contributed by atoms with Crippen LogP contribution in [-0.2, 0) is 28.2 Å². The van der Waals surface area contributed by atoms with E-state index >= 15 is 0 Å². The van der Waals surface area contributed by atoms with E-state index in [2.05, 4.69) is 13.5 Å². The number of halogens is 2. The molecule has 0 spiro atoms. The summed E-state index contributed by atoms with van der Waals surface area (Å²) in [6.07, 6.45) is 0. The van der Waals surface area contributed by atoms with Gasteiger partial charge in [-0.15, -0.1) is 4.52 Å². The predicted molar refractivity (Wildman–Crippen MR) is 60.4 cm³/mol. The molecule has 94 valence electrons. The van der Waals surface area contributed by atoms with Gasteiger partial charge >= 0.3 is 18.4 Å². The maximum Gasteiger partial charge on any atom is 0.729 e. The van der Waals surface area contributed by atoms with E-state index < -0.39 is 23.3 Å². The lowest BCUT2D eigenvalue weighted by molar-refractivity contribution is -0.0962. The van der Waals surface area contributed by atoms with Crippen LogP contribution in [0.4, 0.5) is 0 Å². The Labute approximate surface area is 108 Å². The van der Waals surface area contributed by atoms with E-state index in [1.165, 1.54) is 12.1 Å². The highest BCUT2D eigenvalue weighted by atomic mass is 35.5. The smallest absolute Gasteiger partial charge is 0.191 e. The minimum Gasteiger partial charge on any atom is -0.191 e. The summed E-state index contributed by atoms with van der Waals surface area (Å²) in [5, 5.41) is 0.0401. The van der Waals surface area contributed by atoms with Gasteiger partial charge in [-0.05, 0) is 18.2 Å². The minimum absolute atomic E-state index is 0.106. The van der Waals surface area contributed by atoms with Crippen LogP contribution in [0.1, 0.15) is 0 Å². The molecule has 0 aliphatic carbocycles. The molecule has 0 fully saturated rings. The van der Waals surface area contributed by atoms with Crippen molar-refractivity contribution < 1.29 is 26.5 Å². The summed E-state index contributed by atoms with van der Waals surface area (Å²) in [5.74, 6) is 0. The van der Waals surface area contributed by atoms with E-state index in [0.29, 0.717) is 0 Å². The van der Waals surface area contributed by atoms with E-state index in [1.807, 2.05) is 0 Å². The first-order valence-corrected chi connectivity index (χ1v) is 7.20. The fourth-order valence-electron chi connectivity index (χ4n) is 0.801. The highest BCUT2D eigenvalue weighted by molar-refractivity contribution is 7.86. The average Bonchev–Trinajstić information content (AvgIpc) is 2.29. The Hall–Kier alpha value is -0.270. The van der Waals surface area contributed by atoms with E-state index in [4.69, 9.17) is 23.2 Å². The van der Waals surface area contributed by atoms with Crippen LogP contribution >= 0.6 is 31.5 Å². The van der Waals surface area contributed by atoms with Gasteiger partial charge in [-0.3, -0.25) is 0 Å². The molecule has 0 N–H and O–H groups in total. The van der Waals surface area contributed by atoms with Gasteiger partial charge in [0.05, 0.1) is 16.8 Å². The average molecular weight is 320 g/mol. The lowest BCUT2D eigenvalue weighted by Gasteiger charge is -2.02. The largest absolute Gasteiger partial charge is 0.729 e. The summed E-state index contributed by atoms with van der Waals surface area (Å²) < 4.78 is 46.0. The molecule has 17 heavy (non-hydrogen) atoms. The first kappa shape index (κ1) is 14.8. The molecule has 0 saturated carbocycles. The molecule has 0 aliphatic heterocycles. The quantitative estimate of drug-likeness (QED) is 0.471. The number of rotatable bonds is 5. The summed E-state index contributed by atoms with van der Waals surface area (Å²) in [6, 6.07) is 3.75. The topological polar surface area (TPSA) is 78.9 Å². The van der Waals surface area contributed by atoms with Crippen molar-refractivity contribution >= 4 is 41.6 Å². The Bertz CT molecular complexity index is 531. The zero-order chi connectivity index (χ0) is 13.1. The number of hydrogen-bond donors (Lipinski definition) is 0. The number of hydrogen-bond acceptors (Lipinski definition) is 6. The van der Waals surface area contributed by atoms with Gasteiger partial charge in [0, 0.05) is 9.59 Å². The summed E-state index contributed by atoms with van der Waals surface area (Å²) in [6.45, 7) is 0. The summed E-state index contributed by atoms with van der Waals surface area (Å²) >= 11 is 11.3. The third kappa shape index (κ3) is 4.15. The fourth-order valence-corrected chi connectivity index (χ4v) is 2.67. The maximum atomic E-state index is 11.6. The van der Waals surface area contributed by atoms with E-state index in [-0.39, 0.29) is 10.0 Å². The zero-order valence-corrected chi connectivity index (χ0v) is 11.5. The lowest BCUT2D eigenvalue weighted by Crippen LogP contribution is -2.05. The van der Waals surface area contributed by atoms with Gasteiger partial charge in [0.2, 0.25) is 0 Å². The molecule has 0 heterocycles. The first-order chi connectivity index (χ1) is 7.86. The van der Waals surface area contributed by atoms with Crippen LogP contribution in [-0.4, -0.2) is 15.5 Å². The first-order valence-electron chi connectivity index (χ1n) is 3.94. The predicted octanol–water partition coefficient (Wildman–Crippen LogP) is 2.93. The normalized spacial score (nSPS) is 12.5. The summed E-state index contributed by atoms with van der Waals surface area (Å²) in [7, 11) is -5.94. The van der Waals surface area contributed by atoms with Crippen LogP contribution in [0.3, 0.4) is 0 Å². The molecule has 0 aromatic heterocycles. The second kappa shape index (κ2) is 6.06. The van der Waals surface area contributed by atoms with Gasteiger partial charge in [-0.2, -0.15) is 8.42 Å². The van der Waals surface area contributed by atoms with Crippen molar-refractivity contribution in [3.8, 4) is 0 Å². The molecule has 1 atom stereocenters. The van der Waals surface area contributed by atoms with E-state index in [0.717, 1.165) is 13.2 Å². The molecule has 6 nitrogen and oxygen atoms in total. The second-order valence-corrected chi connectivity index (χ2v) is 5.87. The minimum atomic E-state index is -4.32. The van der Waals surface area contributed by atoms with Crippen LogP contribution < -0.4 is 0 Å². The summed E-state index contributed by atoms with van der Waals surface area (Å²) in [5.41, 5.74) is 0. The van der Waals surface area contributed by atoms with Crippen molar-refractivity contribution in [1.29, 1.82) is 0 Å². The molecular formula is C7H6Cl2O6PS+. The van der Waals surface area contributed by atoms with Crippen molar-refractivity contribution in [2.75, 3.05) is 7.11 Å². The van der Waals surface area contributed by atoms with Crippen molar-refractivity contribution in [3.63, 3.8) is 0 Å². The zero-order valence-electron chi connectivity index (χ0n) is 8.29. The monoisotopic (exact) mass is 319 g/mol. The van der Waals surface area contributed by atoms with Gasteiger partial charge < -0.3 is 0 Å².